The maximum Gasteiger partial charge on any atom is 0.257 e. The van der Waals surface area contributed by atoms with Crippen molar-refractivity contribution >= 4 is 5.91 Å². The molecule has 1 aromatic rings. The quantitative estimate of drug-likeness (QED) is 0.835. The second kappa shape index (κ2) is 6.09. The van der Waals surface area contributed by atoms with Crippen LogP contribution in [0.2, 0.25) is 0 Å². The van der Waals surface area contributed by atoms with Gasteiger partial charge in [0, 0.05) is 12.6 Å². The van der Waals surface area contributed by atoms with E-state index in [0.717, 1.165) is 25.8 Å². The zero-order chi connectivity index (χ0) is 13.8. The Kier molecular flexibility index (Phi) is 4.46. The minimum atomic E-state index is 0.111. The lowest BCUT2D eigenvalue weighted by atomic mass is 10.0. The minimum Gasteiger partial charge on any atom is -0.496 e. The van der Waals surface area contributed by atoms with Gasteiger partial charge in [-0.1, -0.05) is 13.0 Å². The zero-order valence-electron chi connectivity index (χ0n) is 12.1. The first kappa shape index (κ1) is 13.9. The number of amides is 1. The predicted octanol–water partition coefficient (Wildman–Crippen LogP) is 3.27. The summed E-state index contributed by atoms with van der Waals surface area (Å²) in [5.41, 5.74) is 1.88. The highest BCUT2D eigenvalue weighted by Gasteiger charge is 2.26. The number of methoxy groups -OCH3 is 1. The lowest BCUT2D eigenvalue weighted by Crippen LogP contribution is -2.42. The van der Waals surface area contributed by atoms with Crippen LogP contribution in [-0.4, -0.2) is 30.5 Å². The second-order valence-electron chi connectivity index (χ2n) is 5.23. The molecule has 1 aliphatic heterocycles. The lowest BCUT2D eigenvalue weighted by molar-refractivity contribution is 0.0632. The summed E-state index contributed by atoms with van der Waals surface area (Å²) < 4.78 is 5.34. The topological polar surface area (TPSA) is 29.5 Å². The van der Waals surface area contributed by atoms with Gasteiger partial charge in [0.15, 0.2) is 0 Å². The molecule has 1 atom stereocenters. The van der Waals surface area contributed by atoms with Crippen LogP contribution in [0.3, 0.4) is 0 Å². The predicted molar refractivity (Wildman–Crippen MR) is 76.7 cm³/mol. The van der Waals surface area contributed by atoms with Crippen molar-refractivity contribution in [1.29, 1.82) is 0 Å². The van der Waals surface area contributed by atoms with Crippen molar-refractivity contribution in [2.75, 3.05) is 13.7 Å². The molecule has 1 fully saturated rings. The minimum absolute atomic E-state index is 0.111. The number of carbonyl (C=O) groups is 1. The zero-order valence-corrected chi connectivity index (χ0v) is 12.1. The summed E-state index contributed by atoms with van der Waals surface area (Å²) in [7, 11) is 1.62. The fourth-order valence-electron chi connectivity index (χ4n) is 2.70. The van der Waals surface area contributed by atoms with Crippen molar-refractivity contribution in [2.24, 2.45) is 0 Å². The van der Waals surface area contributed by atoms with Gasteiger partial charge in [-0.25, -0.2) is 0 Å². The molecule has 2 rings (SSSR count). The Hall–Kier alpha value is -1.51. The van der Waals surface area contributed by atoms with Crippen LogP contribution in [-0.2, 0) is 6.42 Å². The van der Waals surface area contributed by atoms with Crippen molar-refractivity contribution in [3.8, 4) is 5.75 Å². The SMILES string of the molecule is CCc1ccc(OC)c(C(=O)N2CCCC[C@@H]2C)c1. The van der Waals surface area contributed by atoms with Gasteiger partial charge in [0.2, 0.25) is 0 Å². The monoisotopic (exact) mass is 261 g/mol. The molecule has 104 valence electrons. The largest absolute Gasteiger partial charge is 0.496 e. The Bertz CT molecular complexity index is 456. The molecule has 19 heavy (non-hydrogen) atoms. The Morgan fingerprint density at radius 2 is 2.21 bits per heavy atom. The normalized spacial score (nSPS) is 19.3. The molecule has 1 heterocycles. The summed E-state index contributed by atoms with van der Waals surface area (Å²) in [4.78, 5) is 14.7. The van der Waals surface area contributed by atoms with Crippen molar-refractivity contribution in [3.05, 3.63) is 29.3 Å². The fraction of sp³-hybridized carbons (Fsp3) is 0.562. The molecule has 0 aromatic heterocycles. The average molecular weight is 261 g/mol. The standard InChI is InChI=1S/C16H23NO2/c1-4-13-8-9-15(19-3)14(11-13)16(18)17-10-6-5-7-12(17)2/h8-9,11-12H,4-7,10H2,1-3H3/t12-/m0/s1. The van der Waals surface area contributed by atoms with Crippen LogP contribution >= 0.6 is 0 Å². The first-order valence-corrected chi connectivity index (χ1v) is 7.15. The Labute approximate surface area is 115 Å². The van der Waals surface area contributed by atoms with Crippen LogP contribution in [0.25, 0.3) is 0 Å². The summed E-state index contributed by atoms with van der Waals surface area (Å²) in [6.45, 7) is 5.09. The van der Waals surface area contributed by atoms with Gasteiger partial charge in [-0.2, -0.15) is 0 Å². The van der Waals surface area contributed by atoms with Crippen LogP contribution in [0.1, 0.15) is 49.0 Å². The number of carbonyl (C=O) groups excluding carboxylic acids is 1. The van der Waals surface area contributed by atoms with Crippen LogP contribution in [0.5, 0.6) is 5.75 Å². The van der Waals surface area contributed by atoms with Gasteiger partial charge in [-0.15, -0.1) is 0 Å². The van der Waals surface area contributed by atoms with Gasteiger partial charge in [0.1, 0.15) is 5.75 Å². The van der Waals surface area contributed by atoms with Crippen LogP contribution in [0.4, 0.5) is 0 Å². The number of benzene rings is 1. The number of piperidine rings is 1. The molecular formula is C16H23NO2. The molecule has 1 amide bonds. The number of likely N-dealkylation sites (tertiary alicyclic amines) is 1. The highest BCUT2D eigenvalue weighted by Crippen LogP contribution is 2.25. The molecule has 3 nitrogen and oxygen atoms in total. The molecule has 1 aromatic carbocycles. The molecule has 0 unspecified atom stereocenters. The smallest absolute Gasteiger partial charge is 0.257 e. The third-order valence-corrected chi connectivity index (χ3v) is 3.97. The van der Waals surface area contributed by atoms with Gasteiger partial charge in [-0.05, 0) is 50.3 Å². The Balaban J connectivity index is 2.30. The van der Waals surface area contributed by atoms with E-state index in [0.29, 0.717) is 17.4 Å². The van der Waals surface area contributed by atoms with Crippen LogP contribution in [0.15, 0.2) is 18.2 Å². The number of hydrogen-bond acceptors (Lipinski definition) is 2. The third-order valence-electron chi connectivity index (χ3n) is 3.97. The lowest BCUT2D eigenvalue weighted by Gasteiger charge is -2.33. The molecule has 0 spiro atoms. The first-order chi connectivity index (χ1) is 9.17. The highest BCUT2D eigenvalue weighted by atomic mass is 16.5. The van der Waals surface area contributed by atoms with Crippen molar-refractivity contribution in [3.63, 3.8) is 0 Å². The average Bonchev–Trinajstić information content (AvgIpc) is 2.46. The molecule has 0 aliphatic carbocycles. The maximum absolute atomic E-state index is 12.7. The summed E-state index contributed by atoms with van der Waals surface area (Å²) >= 11 is 0. The van der Waals surface area contributed by atoms with E-state index in [4.69, 9.17) is 4.74 Å². The van der Waals surface area contributed by atoms with E-state index in [1.807, 2.05) is 23.1 Å². The number of nitrogens with zero attached hydrogens (tertiary/aromatic N) is 1. The van der Waals surface area contributed by atoms with Gasteiger partial charge >= 0.3 is 0 Å². The first-order valence-electron chi connectivity index (χ1n) is 7.15. The van der Waals surface area contributed by atoms with Gasteiger partial charge in [0.25, 0.3) is 5.91 Å². The van der Waals surface area contributed by atoms with E-state index >= 15 is 0 Å². The Morgan fingerprint density at radius 1 is 1.42 bits per heavy atom. The second-order valence-corrected chi connectivity index (χ2v) is 5.23. The molecule has 1 aliphatic rings. The van der Waals surface area contributed by atoms with Gasteiger partial charge in [-0.3, -0.25) is 4.79 Å². The van der Waals surface area contributed by atoms with Crippen LogP contribution < -0.4 is 4.74 Å². The molecule has 0 bridgehead atoms. The molecule has 1 saturated heterocycles. The molecule has 3 heteroatoms. The number of ether oxygens (including phenoxy) is 1. The molecular weight excluding hydrogens is 238 g/mol. The molecule has 0 N–H and O–H groups in total. The van der Waals surface area contributed by atoms with E-state index in [9.17, 15) is 4.79 Å². The van der Waals surface area contributed by atoms with Crippen molar-refractivity contribution in [1.82, 2.24) is 4.90 Å². The fourth-order valence-corrected chi connectivity index (χ4v) is 2.70. The maximum atomic E-state index is 12.7. The van der Waals surface area contributed by atoms with E-state index < -0.39 is 0 Å². The van der Waals surface area contributed by atoms with Crippen molar-refractivity contribution < 1.29 is 9.53 Å². The summed E-state index contributed by atoms with van der Waals surface area (Å²) in [5, 5.41) is 0. The number of aryl methyl sites for hydroxylation is 1. The van der Waals surface area contributed by atoms with E-state index in [2.05, 4.69) is 13.8 Å². The van der Waals surface area contributed by atoms with E-state index in [1.54, 1.807) is 7.11 Å². The Morgan fingerprint density at radius 3 is 2.84 bits per heavy atom. The molecule has 0 radical (unpaired) electrons. The number of rotatable bonds is 3. The van der Waals surface area contributed by atoms with Crippen LogP contribution in [0, 0.1) is 0 Å². The third kappa shape index (κ3) is 2.91. The molecule has 0 saturated carbocycles. The highest BCUT2D eigenvalue weighted by molar-refractivity contribution is 5.97. The van der Waals surface area contributed by atoms with Gasteiger partial charge in [0.05, 0.1) is 12.7 Å². The summed E-state index contributed by atoms with van der Waals surface area (Å²) in [5.74, 6) is 0.791. The number of hydrogen-bond donors (Lipinski definition) is 0. The summed E-state index contributed by atoms with van der Waals surface area (Å²) in [6, 6.07) is 6.23. The summed E-state index contributed by atoms with van der Waals surface area (Å²) in [6.07, 6.45) is 4.35. The van der Waals surface area contributed by atoms with Crippen molar-refractivity contribution in [2.45, 2.75) is 45.6 Å². The van der Waals surface area contributed by atoms with E-state index in [-0.39, 0.29) is 5.91 Å². The van der Waals surface area contributed by atoms with Gasteiger partial charge < -0.3 is 9.64 Å². The van der Waals surface area contributed by atoms with E-state index in [1.165, 1.54) is 12.0 Å².